The summed E-state index contributed by atoms with van der Waals surface area (Å²) in [6.07, 6.45) is 0.274. The van der Waals surface area contributed by atoms with Crippen LogP contribution in [0.5, 0.6) is 5.75 Å². The van der Waals surface area contributed by atoms with Crippen LogP contribution in [0.1, 0.15) is 38.5 Å². The largest absolute Gasteiger partial charge is 0.489 e. The fraction of sp³-hybridized carbons (Fsp3) is 0.368. The molecule has 4 nitrogen and oxygen atoms in total. The van der Waals surface area contributed by atoms with Crippen LogP contribution in [0.4, 0.5) is 0 Å². The molecule has 0 saturated carbocycles. The van der Waals surface area contributed by atoms with E-state index in [1.807, 2.05) is 45.0 Å². The molecular weight excluding hydrogens is 324 g/mol. The topological polar surface area (TPSA) is 52.6 Å². The van der Waals surface area contributed by atoms with Gasteiger partial charge in [0.25, 0.3) is 0 Å². The number of Topliss-reactive ketones (excluding diaryl/α,β-unsaturated/α-hetero) is 1. The van der Waals surface area contributed by atoms with E-state index < -0.39 is 0 Å². The molecular formula is C19H22O4S. The van der Waals surface area contributed by atoms with Crippen LogP contribution in [-0.4, -0.2) is 25.0 Å². The van der Waals surface area contributed by atoms with E-state index >= 15 is 0 Å². The number of hydrogen-bond acceptors (Lipinski definition) is 5. The zero-order valence-corrected chi connectivity index (χ0v) is 15.1. The van der Waals surface area contributed by atoms with Crippen molar-refractivity contribution < 1.29 is 19.1 Å². The van der Waals surface area contributed by atoms with Crippen molar-refractivity contribution in [3.05, 3.63) is 51.2 Å². The minimum atomic E-state index is -0.373. The maximum absolute atomic E-state index is 11.9. The highest BCUT2D eigenvalue weighted by Crippen LogP contribution is 2.22. The van der Waals surface area contributed by atoms with E-state index in [4.69, 9.17) is 9.47 Å². The number of esters is 1. The molecule has 1 aromatic carbocycles. The Morgan fingerprint density at radius 1 is 0.958 bits per heavy atom. The molecule has 0 amide bonds. The molecule has 5 heteroatoms. The average Bonchev–Trinajstić information content (AvgIpc) is 2.98. The normalized spacial score (nSPS) is 10.5. The van der Waals surface area contributed by atoms with E-state index in [-0.39, 0.29) is 31.2 Å². The molecule has 0 saturated heterocycles. The first kappa shape index (κ1) is 18.2. The monoisotopic (exact) mass is 346 g/mol. The molecule has 0 aliphatic carbocycles. The number of hydrogen-bond donors (Lipinski definition) is 0. The van der Waals surface area contributed by atoms with Crippen LogP contribution < -0.4 is 4.74 Å². The maximum atomic E-state index is 11.9. The van der Waals surface area contributed by atoms with Gasteiger partial charge in [-0.05, 0) is 44.0 Å². The second kappa shape index (κ2) is 8.64. The van der Waals surface area contributed by atoms with Crippen molar-refractivity contribution in [2.24, 2.45) is 0 Å². The molecule has 0 radical (unpaired) electrons. The van der Waals surface area contributed by atoms with Gasteiger partial charge in [0.15, 0.2) is 5.78 Å². The quantitative estimate of drug-likeness (QED) is 0.407. The summed E-state index contributed by atoms with van der Waals surface area (Å²) in [6.45, 7) is 6.39. The number of rotatable bonds is 8. The number of para-hydroxylation sites is 1. The van der Waals surface area contributed by atoms with Gasteiger partial charge >= 0.3 is 5.97 Å². The SMILES string of the molecule is Cc1ccc(C(=O)CCC(=O)OCCOc2c(C)cccc2C)s1. The fourth-order valence-corrected chi connectivity index (χ4v) is 3.16. The van der Waals surface area contributed by atoms with E-state index in [0.717, 1.165) is 21.8 Å². The molecule has 0 aliphatic rings. The molecule has 0 aliphatic heterocycles. The molecule has 1 aromatic heterocycles. The minimum absolute atomic E-state index is 0.0168. The number of carbonyl (C=O) groups excluding carboxylic acids is 2. The van der Waals surface area contributed by atoms with Gasteiger partial charge in [-0.1, -0.05) is 18.2 Å². The lowest BCUT2D eigenvalue weighted by Gasteiger charge is -2.12. The highest BCUT2D eigenvalue weighted by Gasteiger charge is 2.12. The molecule has 2 rings (SSSR count). The fourth-order valence-electron chi connectivity index (χ4n) is 2.32. The van der Waals surface area contributed by atoms with Crippen molar-refractivity contribution >= 4 is 23.1 Å². The van der Waals surface area contributed by atoms with E-state index in [9.17, 15) is 9.59 Å². The van der Waals surface area contributed by atoms with Crippen molar-refractivity contribution in [2.75, 3.05) is 13.2 Å². The van der Waals surface area contributed by atoms with Crippen LogP contribution in [0.15, 0.2) is 30.3 Å². The predicted molar refractivity (Wildman–Crippen MR) is 95.0 cm³/mol. The Hall–Kier alpha value is -2.14. The molecule has 0 fully saturated rings. The highest BCUT2D eigenvalue weighted by molar-refractivity contribution is 7.14. The highest BCUT2D eigenvalue weighted by atomic mass is 32.1. The summed E-state index contributed by atoms with van der Waals surface area (Å²) >= 11 is 1.45. The number of benzene rings is 1. The predicted octanol–water partition coefficient (Wildman–Crippen LogP) is 4.26. The van der Waals surface area contributed by atoms with Gasteiger partial charge in [-0.15, -0.1) is 11.3 Å². The zero-order chi connectivity index (χ0) is 17.5. The number of carbonyl (C=O) groups is 2. The maximum Gasteiger partial charge on any atom is 0.306 e. The standard InChI is InChI=1S/C19H22O4S/c1-13-5-4-6-14(2)19(13)23-12-11-22-18(21)10-8-16(20)17-9-7-15(3)24-17/h4-7,9H,8,10-12H2,1-3H3. The molecule has 1 heterocycles. The molecule has 24 heavy (non-hydrogen) atoms. The lowest BCUT2D eigenvalue weighted by atomic mass is 10.1. The molecule has 2 aromatic rings. The van der Waals surface area contributed by atoms with Crippen LogP contribution in [0, 0.1) is 20.8 Å². The Morgan fingerprint density at radius 3 is 2.29 bits per heavy atom. The van der Waals surface area contributed by atoms with Crippen molar-refractivity contribution in [1.82, 2.24) is 0 Å². The summed E-state index contributed by atoms with van der Waals surface area (Å²) in [6, 6.07) is 9.63. The van der Waals surface area contributed by atoms with Gasteiger partial charge in [-0.2, -0.15) is 0 Å². The lowest BCUT2D eigenvalue weighted by Crippen LogP contribution is -2.13. The summed E-state index contributed by atoms with van der Waals surface area (Å²) in [7, 11) is 0. The third-order valence-electron chi connectivity index (χ3n) is 3.57. The first-order chi connectivity index (χ1) is 11.5. The van der Waals surface area contributed by atoms with E-state index in [0.29, 0.717) is 11.5 Å². The van der Waals surface area contributed by atoms with Crippen molar-refractivity contribution in [1.29, 1.82) is 0 Å². The summed E-state index contributed by atoms with van der Waals surface area (Å²) in [5.41, 5.74) is 2.11. The van der Waals surface area contributed by atoms with Crippen LogP contribution in [-0.2, 0) is 9.53 Å². The Kier molecular flexibility index (Phi) is 6.55. The van der Waals surface area contributed by atoms with Crippen molar-refractivity contribution in [3.8, 4) is 5.75 Å². The Bertz CT molecular complexity index is 698. The second-order valence-corrected chi connectivity index (χ2v) is 6.91. The summed E-state index contributed by atoms with van der Waals surface area (Å²) in [4.78, 5) is 25.4. The molecule has 128 valence electrons. The first-order valence-electron chi connectivity index (χ1n) is 7.91. The van der Waals surface area contributed by atoms with Crippen molar-refractivity contribution in [3.63, 3.8) is 0 Å². The van der Waals surface area contributed by atoms with E-state index in [1.54, 1.807) is 6.07 Å². The van der Waals surface area contributed by atoms with Gasteiger partial charge in [-0.3, -0.25) is 9.59 Å². The molecule has 0 bridgehead atoms. The van der Waals surface area contributed by atoms with Gasteiger partial charge < -0.3 is 9.47 Å². The molecule has 0 spiro atoms. The third-order valence-corrected chi connectivity index (χ3v) is 4.61. The summed E-state index contributed by atoms with van der Waals surface area (Å²) in [5.74, 6) is 0.440. The van der Waals surface area contributed by atoms with Crippen molar-refractivity contribution in [2.45, 2.75) is 33.6 Å². The van der Waals surface area contributed by atoms with Gasteiger partial charge in [0, 0.05) is 11.3 Å². The van der Waals surface area contributed by atoms with E-state index in [1.165, 1.54) is 11.3 Å². The number of ether oxygens (including phenoxy) is 2. The second-order valence-electron chi connectivity index (χ2n) is 5.62. The smallest absolute Gasteiger partial charge is 0.306 e. The summed E-state index contributed by atoms with van der Waals surface area (Å²) in [5, 5.41) is 0. The summed E-state index contributed by atoms with van der Waals surface area (Å²) < 4.78 is 10.8. The zero-order valence-electron chi connectivity index (χ0n) is 14.3. The Balaban J connectivity index is 1.67. The Labute approximate surface area is 146 Å². The lowest BCUT2D eigenvalue weighted by molar-refractivity contribution is -0.144. The Morgan fingerprint density at radius 2 is 1.67 bits per heavy atom. The molecule has 0 atom stereocenters. The first-order valence-corrected chi connectivity index (χ1v) is 8.73. The van der Waals surface area contributed by atoms with Crippen LogP contribution in [0.2, 0.25) is 0 Å². The third kappa shape index (κ3) is 5.20. The van der Waals surface area contributed by atoms with Gasteiger partial charge in [0.1, 0.15) is 19.0 Å². The number of ketones is 1. The van der Waals surface area contributed by atoms with Gasteiger partial charge in [0.05, 0.1) is 11.3 Å². The number of aryl methyl sites for hydroxylation is 3. The van der Waals surface area contributed by atoms with Crippen LogP contribution in [0.3, 0.4) is 0 Å². The van der Waals surface area contributed by atoms with E-state index in [2.05, 4.69) is 0 Å². The van der Waals surface area contributed by atoms with Gasteiger partial charge in [-0.25, -0.2) is 0 Å². The molecule has 0 N–H and O–H groups in total. The number of thiophene rings is 1. The minimum Gasteiger partial charge on any atom is -0.489 e. The van der Waals surface area contributed by atoms with Gasteiger partial charge in [0.2, 0.25) is 0 Å². The average molecular weight is 346 g/mol. The van der Waals surface area contributed by atoms with Crippen LogP contribution in [0.25, 0.3) is 0 Å². The molecule has 0 unspecified atom stereocenters. The van der Waals surface area contributed by atoms with Crippen LogP contribution >= 0.6 is 11.3 Å².